The highest BCUT2D eigenvalue weighted by Crippen LogP contribution is 2.88. The average molecular weight is 574 g/mol. The van der Waals surface area contributed by atoms with E-state index in [4.69, 9.17) is 5.73 Å². The second kappa shape index (κ2) is 10.3. The number of fused-ring (bicyclic) bond motifs is 1. The third kappa shape index (κ3) is 5.36. The lowest BCUT2D eigenvalue weighted by atomic mass is 9.73. The second-order valence-corrected chi connectivity index (χ2v) is 15.8. The van der Waals surface area contributed by atoms with Crippen molar-refractivity contribution in [2.75, 3.05) is 6.54 Å². The monoisotopic (exact) mass is 573 g/mol. The van der Waals surface area contributed by atoms with Crippen molar-refractivity contribution in [3.05, 3.63) is 0 Å². The Morgan fingerprint density at radius 3 is 1.95 bits per heavy atom. The maximum absolute atomic E-state index is 14.4. The number of carbonyl (C=O) groups excluding carboxylic acids is 5. The molecule has 4 atom stereocenters. The summed E-state index contributed by atoms with van der Waals surface area (Å²) in [4.78, 5) is 67.5. The number of urea groups is 1. The van der Waals surface area contributed by atoms with Crippen LogP contribution in [0, 0.1) is 27.6 Å². The highest BCUT2D eigenvalue weighted by atomic mass is 16.2. The molecule has 230 valence electrons. The summed E-state index contributed by atoms with van der Waals surface area (Å²) < 4.78 is 0. The van der Waals surface area contributed by atoms with Crippen molar-refractivity contribution in [2.45, 2.75) is 130 Å². The van der Waals surface area contributed by atoms with Crippen LogP contribution in [0.5, 0.6) is 0 Å². The van der Waals surface area contributed by atoms with Crippen LogP contribution < -0.4 is 21.7 Å². The maximum Gasteiger partial charge on any atom is 0.315 e. The zero-order valence-electron chi connectivity index (χ0n) is 26.2. The number of hydrogen-bond acceptors (Lipinski definition) is 5. The van der Waals surface area contributed by atoms with Crippen molar-refractivity contribution in [1.29, 1.82) is 0 Å². The standard InChI is InChI=1S/C31H51N5O5/c1-27(2,3)22(34-26(41)35-28(4,5)6)25(40)36-17-31(29(7,8)30(31)13-10-14-30)16-20(36)24(39)33-19(21(37)23(32)38)15-18-11-9-12-18/h18-20,22H,9-17H2,1-8H3,(H2,32,38)(H,33,39)(H2,34,35,41)/t19?,20-,22+,31+/m0/s1. The first-order valence-electron chi connectivity index (χ1n) is 15.3. The highest BCUT2D eigenvalue weighted by Gasteiger charge is 2.85. The average Bonchev–Trinajstić information content (AvgIpc) is 3.01. The summed E-state index contributed by atoms with van der Waals surface area (Å²) in [5.74, 6) is -2.35. The minimum atomic E-state index is -1.07. The van der Waals surface area contributed by atoms with E-state index in [0.29, 0.717) is 19.4 Å². The van der Waals surface area contributed by atoms with Crippen LogP contribution in [0.2, 0.25) is 0 Å². The Hall–Kier alpha value is -2.65. The molecule has 1 heterocycles. The summed E-state index contributed by atoms with van der Waals surface area (Å²) in [6.07, 6.45) is 7.07. The third-order valence-corrected chi connectivity index (χ3v) is 10.9. The molecule has 0 bridgehead atoms. The number of nitrogens with one attached hydrogen (secondary N) is 3. The lowest BCUT2D eigenvalue weighted by Gasteiger charge is -2.36. The van der Waals surface area contributed by atoms with Crippen LogP contribution >= 0.6 is 0 Å². The zero-order chi connectivity index (χ0) is 30.8. The second-order valence-electron chi connectivity index (χ2n) is 15.8. The molecule has 0 radical (unpaired) electrons. The van der Waals surface area contributed by atoms with Crippen LogP contribution in [-0.2, 0) is 19.2 Å². The van der Waals surface area contributed by atoms with Crippen molar-refractivity contribution in [3.63, 3.8) is 0 Å². The van der Waals surface area contributed by atoms with Gasteiger partial charge in [0.2, 0.25) is 17.6 Å². The zero-order valence-corrected chi connectivity index (χ0v) is 26.2. The summed E-state index contributed by atoms with van der Waals surface area (Å²) in [5.41, 5.74) is 4.04. The summed E-state index contributed by atoms with van der Waals surface area (Å²) in [7, 11) is 0. The number of primary amides is 1. The van der Waals surface area contributed by atoms with Gasteiger partial charge < -0.3 is 26.6 Å². The number of rotatable bonds is 8. The van der Waals surface area contributed by atoms with Crippen LogP contribution in [0.15, 0.2) is 0 Å². The maximum atomic E-state index is 14.4. The van der Waals surface area contributed by atoms with Gasteiger partial charge in [-0.2, -0.15) is 0 Å². The number of hydrogen-bond donors (Lipinski definition) is 4. The summed E-state index contributed by atoms with van der Waals surface area (Å²) in [5, 5.41) is 8.61. The minimum absolute atomic E-state index is 0.0472. The predicted molar refractivity (Wildman–Crippen MR) is 155 cm³/mol. The van der Waals surface area contributed by atoms with E-state index in [0.717, 1.165) is 38.5 Å². The van der Waals surface area contributed by atoms with Gasteiger partial charge in [-0.25, -0.2) is 4.79 Å². The van der Waals surface area contributed by atoms with E-state index in [1.807, 2.05) is 41.5 Å². The van der Waals surface area contributed by atoms with Crippen molar-refractivity contribution < 1.29 is 24.0 Å². The van der Waals surface area contributed by atoms with Crippen LogP contribution in [0.4, 0.5) is 4.79 Å². The van der Waals surface area contributed by atoms with E-state index in [-0.39, 0.29) is 28.1 Å². The van der Waals surface area contributed by atoms with E-state index in [9.17, 15) is 24.0 Å². The van der Waals surface area contributed by atoms with Crippen molar-refractivity contribution in [1.82, 2.24) is 20.9 Å². The number of ketones is 1. The van der Waals surface area contributed by atoms with Crippen LogP contribution in [0.1, 0.15) is 107 Å². The summed E-state index contributed by atoms with van der Waals surface area (Å²) in [6.45, 7) is 16.2. The molecular weight excluding hydrogens is 522 g/mol. The smallest absolute Gasteiger partial charge is 0.315 e. The molecule has 3 aliphatic carbocycles. The molecule has 41 heavy (non-hydrogen) atoms. The Bertz CT molecular complexity index is 1110. The van der Waals surface area contributed by atoms with E-state index in [1.54, 1.807) is 4.90 Å². The van der Waals surface area contributed by atoms with E-state index >= 15 is 0 Å². The lowest BCUT2D eigenvalue weighted by Crippen LogP contribution is -2.61. The number of nitrogens with two attached hydrogens (primary N) is 1. The largest absolute Gasteiger partial charge is 0.363 e. The van der Waals surface area contributed by atoms with Gasteiger partial charge in [-0.15, -0.1) is 0 Å². The molecule has 5 N–H and O–H groups in total. The first-order valence-corrected chi connectivity index (χ1v) is 15.3. The SMILES string of the molecule is CC(C)(C)NC(=O)N[C@H](C(=O)N1C[C@]2(C[C@H]1C(=O)NC(CC1CCC1)C(=O)C(N)=O)C(C)(C)C21CCC1)C(C)(C)C. The van der Waals surface area contributed by atoms with Gasteiger partial charge >= 0.3 is 6.03 Å². The number of carbonyl (C=O) groups is 5. The minimum Gasteiger partial charge on any atom is -0.363 e. The Morgan fingerprint density at radius 1 is 0.927 bits per heavy atom. The van der Waals surface area contributed by atoms with Crippen molar-refractivity contribution >= 4 is 29.5 Å². The third-order valence-electron chi connectivity index (χ3n) is 10.9. The molecule has 1 unspecified atom stereocenters. The first-order chi connectivity index (χ1) is 18.8. The number of Topliss-reactive ketones (excluding diaryl/α,β-unsaturated/α-hetero) is 1. The topological polar surface area (TPSA) is 151 Å². The Morgan fingerprint density at radius 2 is 1.54 bits per heavy atom. The molecule has 5 amide bonds. The Labute approximate surface area is 244 Å². The molecule has 10 nitrogen and oxygen atoms in total. The van der Waals surface area contributed by atoms with E-state index < -0.39 is 52.7 Å². The Balaban J connectivity index is 1.63. The molecule has 0 aromatic rings. The molecule has 3 saturated carbocycles. The van der Waals surface area contributed by atoms with E-state index in [2.05, 4.69) is 29.8 Å². The van der Waals surface area contributed by atoms with Gasteiger partial charge in [-0.3, -0.25) is 19.2 Å². The van der Waals surface area contributed by atoms with Crippen LogP contribution in [-0.4, -0.2) is 64.6 Å². The summed E-state index contributed by atoms with van der Waals surface area (Å²) in [6, 6.07) is -3.15. The fourth-order valence-electron chi connectivity index (χ4n) is 8.12. The molecule has 4 rings (SSSR count). The van der Waals surface area contributed by atoms with Crippen LogP contribution in [0.25, 0.3) is 0 Å². The molecule has 2 spiro atoms. The van der Waals surface area contributed by atoms with Gasteiger partial charge in [0, 0.05) is 17.5 Å². The molecule has 4 aliphatic rings. The number of likely N-dealkylation sites (tertiary alicyclic amines) is 1. The van der Waals surface area contributed by atoms with E-state index in [1.165, 1.54) is 0 Å². The van der Waals surface area contributed by atoms with Crippen LogP contribution in [0.3, 0.4) is 0 Å². The fourth-order valence-corrected chi connectivity index (χ4v) is 8.12. The highest BCUT2D eigenvalue weighted by molar-refractivity contribution is 6.37. The molecule has 10 heteroatoms. The normalized spacial score (nSPS) is 27.8. The number of amides is 5. The van der Waals surface area contributed by atoms with Gasteiger partial charge in [0.1, 0.15) is 12.1 Å². The number of nitrogens with zero attached hydrogens (tertiary/aromatic N) is 1. The summed E-state index contributed by atoms with van der Waals surface area (Å²) >= 11 is 0. The van der Waals surface area contributed by atoms with Gasteiger partial charge in [0.15, 0.2) is 0 Å². The quantitative estimate of drug-likeness (QED) is 0.329. The Kier molecular flexibility index (Phi) is 7.83. The molecule has 0 aromatic carbocycles. The van der Waals surface area contributed by atoms with Gasteiger partial charge in [-0.05, 0) is 68.6 Å². The molecule has 0 aromatic heterocycles. The van der Waals surface area contributed by atoms with Crippen molar-refractivity contribution in [2.24, 2.45) is 33.3 Å². The molecule has 1 aliphatic heterocycles. The van der Waals surface area contributed by atoms with Gasteiger partial charge in [-0.1, -0.05) is 60.3 Å². The van der Waals surface area contributed by atoms with Gasteiger partial charge in [0.05, 0.1) is 6.04 Å². The fraction of sp³-hybridized carbons (Fsp3) is 0.839. The predicted octanol–water partition coefficient (Wildman–Crippen LogP) is 3.03. The van der Waals surface area contributed by atoms with Gasteiger partial charge in [0.25, 0.3) is 5.91 Å². The lowest BCUT2D eigenvalue weighted by molar-refractivity contribution is -0.143. The van der Waals surface area contributed by atoms with Crippen molar-refractivity contribution in [3.8, 4) is 0 Å². The molecular formula is C31H51N5O5. The molecule has 4 fully saturated rings. The first kappa shape index (κ1) is 31.3. The molecule has 1 saturated heterocycles.